The number of rotatable bonds is 4. The second-order valence-electron chi connectivity index (χ2n) is 7.02. The Kier molecular flexibility index (Phi) is 4.44. The molecule has 6 nitrogen and oxygen atoms in total. The van der Waals surface area contributed by atoms with E-state index < -0.39 is 20.7 Å². The summed E-state index contributed by atoms with van der Waals surface area (Å²) in [5, 5.41) is 0.445. The van der Waals surface area contributed by atoms with Crippen LogP contribution in [0, 0.1) is 6.92 Å². The van der Waals surface area contributed by atoms with Gasteiger partial charge in [0.2, 0.25) is 9.84 Å². The molecular formula is C21H20N2O4S. The van der Waals surface area contributed by atoms with Gasteiger partial charge in [-0.3, -0.25) is 9.78 Å². The fourth-order valence-electron chi connectivity index (χ4n) is 3.75. The third-order valence-electron chi connectivity index (χ3n) is 5.23. The molecule has 2 N–H and O–H groups in total. The molecule has 1 aliphatic rings. The van der Waals surface area contributed by atoms with Crippen LogP contribution in [0.1, 0.15) is 23.6 Å². The van der Waals surface area contributed by atoms with E-state index in [1.54, 1.807) is 24.3 Å². The number of fused-ring (bicyclic) bond motifs is 1. The summed E-state index contributed by atoms with van der Waals surface area (Å²) in [5.74, 6) is -1.23. The number of aromatic nitrogens is 1. The zero-order chi connectivity index (χ0) is 19.9. The molecule has 144 valence electrons. The van der Waals surface area contributed by atoms with Crippen molar-refractivity contribution in [3.8, 4) is 0 Å². The summed E-state index contributed by atoms with van der Waals surface area (Å²) in [6.45, 7) is 1.93. The van der Waals surface area contributed by atoms with Crippen molar-refractivity contribution in [2.24, 2.45) is 5.73 Å². The second kappa shape index (κ2) is 6.68. The average molecular weight is 396 g/mol. The fourth-order valence-corrected chi connectivity index (χ4v) is 5.73. The smallest absolute Gasteiger partial charge is 0.266 e. The van der Waals surface area contributed by atoms with Crippen LogP contribution in [0.3, 0.4) is 0 Å². The summed E-state index contributed by atoms with van der Waals surface area (Å²) >= 11 is 0. The zero-order valence-electron chi connectivity index (χ0n) is 15.3. The molecule has 0 radical (unpaired) electrons. The highest BCUT2D eigenvalue weighted by molar-refractivity contribution is 7.93. The maximum Gasteiger partial charge on any atom is 0.266 e. The highest BCUT2D eigenvalue weighted by Crippen LogP contribution is 2.43. The number of aryl methyl sites for hydroxylation is 1. The molecule has 2 aromatic carbocycles. The van der Waals surface area contributed by atoms with Crippen LogP contribution in [-0.2, 0) is 19.4 Å². The van der Waals surface area contributed by atoms with Crippen LogP contribution in [0.25, 0.3) is 10.9 Å². The van der Waals surface area contributed by atoms with Gasteiger partial charge in [0.25, 0.3) is 10.8 Å². The van der Waals surface area contributed by atoms with Crippen molar-refractivity contribution in [1.29, 1.82) is 0 Å². The molecule has 1 aromatic heterocycles. The van der Waals surface area contributed by atoms with Crippen molar-refractivity contribution in [2.75, 3.05) is 6.61 Å². The van der Waals surface area contributed by atoms with E-state index in [2.05, 4.69) is 4.98 Å². The van der Waals surface area contributed by atoms with E-state index in [9.17, 15) is 13.2 Å². The number of carbonyl (C=O) groups is 1. The van der Waals surface area contributed by atoms with E-state index in [1.165, 1.54) is 6.07 Å². The minimum absolute atomic E-state index is 0.00464. The number of nitrogens with two attached hydrogens (primary N) is 1. The molecule has 7 heteroatoms. The summed E-state index contributed by atoms with van der Waals surface area (Å²) in [5.41, 5.74) is 7.83. The minimum atomic E-state index is -4.22. The molecule has 28 heavy (non-hydrogen) atoms. The third kappa shape index (κ3) is 2.78. The fraction of sp³-hybridized carbons (Fsp3) is 0.238. The number of amides is 1. The van der Waals surface area contributed by atoms with Gasteiger partial charge in [-0.15, -0.1) is 0 Å². The van der Waals surface area contributed by atoms with E-state index in [-0.39, 0.29) is 23.8 Å². The summed E-state index contributed by atoms with van der Waals surface area (Å²) in [6.07, 6.45) is -0.0235. The molecule has 2 heterocycles. The van der Waals surface area contributed by atoms with Crippen molar-refractivity contribution in [2.45, 2.75) is 29.1 Å². The Balaban J connectivity index is 1.84. The first kappa shape index (κ1) is 18.6. The summed E-state index contributed by atoms with van der Waals surface area (Å²) in [4.78, 5) is 14.7. The van der Waals surface area contributed by atoms with Crippen molar-refractivity contribution in [1.82, 2.24) is 4.98 Å². The maximum atomic E-state index is 13.6. The van der Waals surface area contributed by atoms with Crippen molar-refractivity contribution < 1.29 is 17.9 Å². The second-order valence-corrected chi connectivity index (χ2v) is 9.12. The number of benzene rings is 2. The van der Waals surface area contributed by atoms with Crippen LogP contribution in [0.2, 0.25) is 0 Å². The number of nitrogens with zero attached hydrogens (tertiary/aromatic N) is 1. The van der Waals surface area contributed by atoms with Gasteiger partial charge in [-0.1, -0.05) is 36.4 Å². The maximum absolute atomic E-state index is 13.6. The number of hydrogen-bond donors (Lipinski definition) is 1. The highest BCUT2D eigenvalue weighted by Gasteiger charge is 2.57. The molecule has 1 saturated heterocycles. The van der Waals surface area contributed by atoms with Gasteiger partial charge in [-0.2, -0.15) is 0 Å². The number of pyridine rings is 1. The summed E-state index contributed by atoms with van der Waals surface area (Å²) in [6, 6.07) is 17.6. The number of carbonyl (C=O) groups excluding carboxylic acids is 1. The molecule has 0 bridgehead atoms. The number of primary amides is 1. The Morgan fingerprint density at radius 3 is 2.57 bits per heavy atom. The van der Waals surface area contributed by atoms with Crippen LogP contribution in [0.15, 0.2) is 65.6 Å². The van der Waals surface area contributed by atoms with Crippen LogP contribution >= 0.6 is 0 Å². The lowest BCUT2D eigenvalue weighted by atomic mass is 9.96. The largest absolute Gasteiger partial charge is 0.366 e. The molecule has 1 aliphatic heterocycles. The van der Waals surface area contributed by atoms with E-state index in [4.69, 9.17) is 10.5 Å². The Morgan fingerprint density at radius 2 is 1.86 bits per heavy atom. The van der Waals surface area contributed by atoms with Crippen LogP contribution in [0.4, 0.5) is 0 Å². The van der Waals surface area contributed by atoms with Crippen molar-refractivity contribution >= 4 is 26.6 Å². The molecule has 2 unspecified atom stereocenters. The monoisotopic (exact) mass is 396 g/mol. The zero-order valence-corrected chi connectivity index (χ0v) is 16.1. The molecule has 4 rings (SSSR count). The standard InChI is InChI=1S/C21H20N2O4S/c1-14-10-11-17-18(23-14)8-5-9-19(17)28(25,26)21(20(22)24)12-16(13-27-21)15-6-3-2-4-7-15/h2-11,16H,12-13H2,1H3,(H2,22,24). The molecule has 1 amide bonds. The topological polar surface area (TPSA) is 99.3 Å². The van der Waals surface area contributed by atoms with E-state index in [1.807, 2.05) is 37.3 Å². The highest BCUT2D eigenvalue weighted by atomic mass is 32.2. The first-order valence-corrected chi connectivity index (χ1v) is 10.4. The normalized spacial score (nSPS) is 22.4. The van der Waals surface area contributed by atoms with Gasteiger partial charge in [-0.05, 0) is 36.8 Å². The minimum Gasteiger partial charge on any atom is -0.366 e. The quantitative estimate of drug-likeness (QED) is 0.731. The van der Waals surface area contributed by atoms with Crippen LogP contribution in [0.5, 0.6) is 0 Å². The average Bonchev–Trinajstić information content (AvgIpc) is 3.15. The van der Waals surface area contributed by atoms with Crippen LogP contribution in [-0.4, -0.2) is 30.8 Å². The van der Waals surface area contributed by atoms with Gasteiger partial charge in [-0.25, -0.2) is 8.42 Å². The number of hydrogen-bond acceptors (Lipinski definition) is 5. The molecule has 0 spiro atoms. The lowest BCUT2D eigenvalue weighted by Crippen LogP contribution is -2.50. The Labute approximate surface area is 163 Å². The molecule has 1 fully saturated rings. The predicted molar refractivity (Wildman–Crippen MR) is 105 cm³/mol. The Morgan fingerprint density at radius 1 is 1.11 bits per heavy atom. The molecule has 3 aromatic rings. The van der Waals surface area contributed by atoms with E-state index in [0.717, 1.165) is 11.3 Å². The first-order chi connectivity index (χ1) is 13.3. The molecule has 2 atom stereocenters. The van der Waals surface area contributed by atoms with Gasteiger partial charge in [0.1, 0.15) is 0 Å². The Hall–Kier alpha value is -2.77. The molecular weight excluding hydrogens is 376 g/mol. The lowest BCUT2D eigenvalue weighted by Gasteiger charge is -2.25. The van der Waals surface area contributed by atoms with Crippen molar-refractivity contribution in [3.63, 3.8) is 0 Å². The van der Waals surface area contributed by atoms with Gasteiger partial charge >= 0.3 is 0 Å². The first-order valence-electron chi connectivity index (χ1n) is 8.95. The Bertz CT molecular complexity index is 1160. The van der Waals surface area contributed by atoms with Crippen molar-refractivity contribution in [3.05, 3.63) is 71.9 Å². The van der Waals surface area contributed by atoms with Gasteiger partial charge < -0.3 is 10.5 Å². The van der Waals surface area contributed by atoms with Gasteiger partial charge in [0.05, 0.1) is 17.0 Å². The summed E-state index contributed by atoms with van der Waals surface area (Å²) in [7, 11) is -4.22. The molecule has 0 aliphatic carbocycles. The summed E-state index contributed by atoms with van der Waals surface area (Å²) < 4.78 is 32.9. The SMILES string of the molecule is Cc1ccc2c(S(=O)(=O)C3(C(N)=O)CC(c4ccccc4)CO3)cccc2n1. The van der Waals surface area contributed by atoms with Gasteiger partial charge in [0, 0.05) is 23.4 Å². The van der Waals surface area contributed by atoms with Crippen LogP contribution < -0.4 is 5.73 Å². The van der Waals surface area contributed by atoms with E-state index in [0.29, 0.717) is 10.9 Å². The predicted octanol–water partition coefficient (Wildman–Crippen LogP) is 2.70. The lowest BCUT2D eigenvalue weighted by molar-refractivity contribution is -0.129. The number of sulfone groups is 1. The number of ether oxygens (including phenoxy) is 1. The van der Waals surface area contributed by atoms with Gasteiger partial charge in [0.15, 0.2) is 0 Å². The molecule has 0 saturated carbocycles. The third-order valence-corrected chi connectivity index (χ3v) is 7.52. The van der Waals surface area contributed by atoms with E-state index >= 15 is 0 Å².